The van der Waals surface area contributed by atoms with Crippen molar-refractivity contribution in [2.45, 2.75) is 78.4 Å². The maximum Gasteiger partial charge on any atom is 0.246 e. The molecular weight excluding hydrogens is 426 g/mol. The van der Waals surface area contributed by atoms with Gasteiger partial charge in [0, 0.05) is 37.4 Å². The molecule has 2 amide bonds. The number of nitrogens with one attached hydrogen (secondary N) is 1. The Hall–Kier alpha value is -2.67. The minimum atomic E-state index is -0.713. The smallest absolute Gasteiger partial charge is 0.246 e. The summed E-state index contributed by atoms with van der Waals surface area (Å²) < 4.78 is 2.02. The molecule has 0 radical (unpaired) electrons. The van der Waals surface area contributed by atoms with E-state index in [1.54, 1.807) is 0 Å². The molecule has 2 aliphatic rings. The molecule has 3 heterocycles. The van der Waals surface area contributed by atoms with Gasteiger partial charge in [-0.25, -0.2) is 4.68 Å². The summed E-state index contributed by atoms with van der Waals surface area (Å²) in [5.74, 6) is 0.492. The third-order valence-corrected chi connectivity index (χ3v) is 7.47. The summed E-state index contributed by atoms with van der Waals surface area (Å²) in [7, 11) is 0. The maximum atomic E-state index is 13.4. The fourth-order valence-corrected chi connectivity index (χ4v) is 5.58. The first-order chi connectivity index (χ1) is 16.3. The van der Waals surface area contributed by atoms with E-state index in [0.29, 0.717) is 31.7 Å². The van der Waals surface area contributed by atoms with Gasteiger partial charge in [0.15, 0.2) is 0 Å². The van der Waals surface area contributed by atoms with Crippen LogP contribution in [0, 0.1) is 19.8 Å². The molecule has 1 N–H and O–H groups in total. The Kier molecular flexibility index (Phi) is 7.12. The van der Waals surface area contributed by atoms with Gasteiger partial charge in [0.2, 0.25) is 11.8 Å². The molecule has 1 spiro atoms. The van der Waals surface area contributed by atoms with Crippen molar-refractivity contribution < 1.29 is 9.59 Å². The molecule has 1 aromatic heterocycles. The number of piperazine rings is 1. The van der Waals surface area contributed by atoms with Crippen molar-refractivity contribution in [3.63, 3.8) is 0 Å². The fourth-order valence-electron chi connectivity index (χ4n) is 5.58. The van der Waals surface area contributed by atoms with E-state index in [1.807, 2.05) is 27.8 Å². The topological polar surface area (TPSA) is 70.5 Å². The molecule has 2 fully saturated rings. The zero-order valence-corrected chi connectivity index (χ0v) is 21.3. The highest BCUT2D eigenvalue weighted by atomic mass is 16.2. The summed E-state index contributed by atoms with van der Waals surface area (Å²) in [6, 6.07) is 9.82. The van der Waals surface area contributed by atoms with E-state index in [1.165, 1.54) is 5.56 Å². The second-order valence-electron chi connectivity index (χ2n) is 10.3. The van der Waals surface area contributed by atoms with Gasteiger partial charge in [-0.15, -0.1) is 0 Å². The summed E-state index contributed by atoms with van der Waals surface area (Å²) in [5.41, 5.74) is 3.78. The Morgan fingerprint density at radius 1 is 1.12 bits per heavy atom. The Balaban J connectivity index is 1.49. The van der Waals surface area contributed by atoms with E-state index in [-0.39, 0.29) is 11.8 Å². The number of piperidine rings is 1. The van der Waals surface area contributed by atoms with Crippen LogP contribution in [0.1, 0.15) is 63.4 Å². The molecule has 184 valence electrons. The van der Waals surface area contributed by atoms with Crippen molar-refractivity contribution in [2.24, 2.45) is 5.92 Å². The van der Waals surface area contributed by atoms with Gasteiger partial charge >= 0.3 is 0 Å². The van der Waals surface area contributed by atoms with Crippen LogP contribution < -0.4 is 5.32 Å². The van der Waals surface area contributed by atoms with E-state index in [4.69, 9.17) is 5.10 Å². The van der Waals surface area contributed by atoms with E-state index in [9.17, 15) is 9.59 Å². The Morgan fingerprint density at radius 3 is 2.41 bits per heavy atom. The largest absolute Gasteiger partial charge is 0.342 e. The van der Waals surface area contributed by atoms with E-state index in [0.717, 1.165) is 43.1 Å². The zero-order valence-electron chi connectivity index (χ0n) is 21.3. The number of aromatic nitrogens is 2. The molecule has 7 heteroatoms. The molecule has 2 aromatic rings. The molecule has 0 saturated carbocycles. The zero-order chi connectivity index (χ0) is 24.5. The number of benzene rings is 1. The predicted octanol–water partition coefficient (Wildman–Crippen LogP) is 3.61. The minimum absolute atomic E-state index is 0.0371. The summed E-state index contributed by atoms with van der Waals surface area (Å²) >= 11 is 0. The molecule has 1 unspecified atom stereocenters. The highest BCUT2D eigenvalue weighted by Crippen LogP contribution is 2.35. The van der Waals surface area contributed by atoms with Crippen molar-refractivity contribution in [3.05, 3.63) is 47.3 Å². The first-order valence-corrected chi connectivity index (χ1v) is 12.7. The van der Waals surface area contributed by atoms with Gasteiger partial charge in [0.25, 0.3) is 0 Å². The summed E-state index contributed by atoms with van der Waals surface area (Å²) in [5, 5.41) is 7.88. The molecule has 7 nitrogen and oxygen atoms in total. The second kappa shape index (κ2) is 9.90. The van der Waals surface area contributed by atoms with Gasteiger partial charge in [-0.3, -0.25) is 14.5 Å². The molecule has 0 aliphatic carbocycles. The highest BCUT2D eigenvalue weighted by Gasteiger charge is 2.53. The standard InChI is InChI=1S/C27H39N5O2/c1-6-14-31-25(33)24(17-19(2)3)28-26(34)27(31)12-15-30(16-13-27)18-23-20(4)29-32(21(23)5)22-10-8-7-9-11-22/h7-11,19,24H,6,12-18H2,1-5H3,(H,28,34). The number of nitrogens with zero attached hydrogens (tertiary/aromatic N) is 4. The van der Waals surface area contributed by atoms with Crippen molar-refractivity contribution >= 4 is 11.8 Å². The average molecular weight is 466 g/mol. The Morgan fingerprint density at radius 2 is 1.79 bits per heavy atom. The van der Waals surface area contributed by atoms with Crippen LogP contribution in [0.15, 0.2) is 30.3 Å². The van der Waals surface area contributed by atoms with Crippen LogP contribution >= 0.6 is 0 Å². The molecular formula is C27H39N5O2. The van der Waals surface area contributed by atoms with Crippen LogP contribution in [0.25, 0.3) is 5.69 Å². The normalized spacial score (nSPS) is 20.9. The monoisotopic (exact) mass is 465 g/mol. The van der Waals surface area contributed by atoms with Gasteiger partial charge in [-0.05, 0) is 57.6 Å². The van der Waals surface area contributed by atoms with Gasteiger partial charge in [0.05, 0.1) is 11.4 Å². The lowest BCUT2D eigenvalue weighted by Crippen LogP contribution is -2.73. The summed E-state index contributed by atoms with van der Waals surface area (Å²) in [6.45, 7) is 13.5. The number of carbonyl (C=O) groups is 2. The lowest BCUT2D eigenvalue weighted by molar-refractivity contribution is -0.161. The number of hydrogen-bond donors (Lipinski definition) is 1. The fraction of sp³-hybridized carbons (Fsp3) is 0.593. The molecule has 1 aromatic carbocycles. The molecule has 1 atom stereocenters. The van der Waals surface area contributed by atoms with Crippen molar-refractivity contribution in [3.8, 4) is 5.69 Å². The molecule has 2 saturated heterocycles. The van der Waals surface area contributed by atoms with E-state index in [2.05, 4.69) is 57.0 Å². The van der Waals surface area contributed by atoms with Gasteiger partial charge in [0.1, 0.15) is 11.6 Å². The number of carbonyl (C=O) groups excluding carboxylic acids is 2. The van der Waals surface area contributed by atoms with Crippen LogP contribution in [0.2, 0.25) is 0 Å². The van der Waals surface area contributed by atoms with Crippen molar-refractivity contribution in [1.29, 1.82) is 0 Å². The minimum Gasteiger partial charge on any atom is -0.342 e. The number of likely N-dealkylation sites (tertiary alicyclic amines) is 1. The van der Waals surface area contributed by atoms with E-state index >= 15 is 0 Å². The molecule has 0 bridgehead atoms. The Bertz CT molecular complexity index is 1020. The Labute approximate surface area is 203 Å². The highest BCUT2D eigenvalue weighted by molar-refractivity contribution is 6.00. The summed E-state index contributed by atoms with van der Waals surface area (Å²) in [4.78, 5) is 31.1. The van der Waals surface area contributed by atoms with E-state index < -0.39 is 11.6 Å². The number of para-hydroxylation sites is 1. The van der Waals surface area contributed by atoms with Gasteiger partial charge < -0.3 is 10.2 Å². The van der Waals surface area contributed by atoms with Gasteiger partial charge in [-0.2, -0.15) is 5.10 Å². The van der Waals surface area contributed by atoms with Crippen molar-refractivity contribution in [2.75, 3.05) is 19.6 Å². The quantitative estimate of drug-likeness (QED) is 0.678. The van der Waals surface area contributed by atoms with Crippen LogP contribution in [-0.4, -0.2) is 62.6 Å². The summed E-state index contributed by atoms with van der Waals surface area (Å²) in [6.07, 6.45) is 2.89. The van der Waals surface area contributed by atoms with Crippen molar-refractivity contribution in [1.82, 2.24) is 24.9 Å². The van der Waals surface area contributed by atoms with Crippen LogP contribution in [0.3, 0.4) is 0 Å². The number of rotatable bonds is 7. The number of aryl methyl sites for hydroxylation is 1. The van der Waals surface area contributed by atoms with Crippen LogP contribution in [-0.2, 0) is 16.1 Å². The first-order valence-electron chi connectivity index (χ1n) is 12.7. The predicted molar refractivity (Wildman–Crippen MR) is 134 cm³/mol. The SMILES string of the molecule is CCCN1C(=O)C(CC(C)C)NC(=O)C12CCN(Cc1c(C)nn(-c3ccccc3)c1C)CC2. The van der Waals surface area contributed by atoms with Crippen LogP contribution in [0.5, 0.6) is 0 Å². The van der Waals surface area contributed by atoms with Gasteiger partial charge in [-0.1, -0.05) is 39.0 Å². The third kappa shape index (κ3) is 4.50. The third-order valence-electron chi connectivity index (χ3n) is 7.47. The first kappa shape index (κ1) is 24.5. The molecule has 2 aliphatic heterocycles. The number of hydrogen-bond acceptors (Lipinski definition) is 4. The lowest BCUT2D eigenvalue weighted by atomic mass is 9.80. The molecule has 4 rings (SSSR count). The molecule has 34 heavy (non-hydrogen) atoms. The number of amides is 2. The average Bonchev–Trinajstić information content (AvgIpc) is 3.10. The van der Waals surface area contributed by atoms with Crippen LogP contribution in [0.4, 0.5) is 0 Å². The maximum absolute atomic E-state index is 13.4. The second-order valence-corrected chi connectivity index (χ2v) is 10.3. The lowest BCUT2D eigenvalue weighted by Gasteiger charge is -2.52.